The highest BCUT2D eigenvalue weighted by Gasteiger charge is 2.33. The summed E-state index contributed by atoms with van der Waals surface area (Å²) in [5, 5.41) is 18.5. The topological polar surface area (TPSA) is 58.9 Å². The summed E-state index contributed by atoms with van der Waals surface area (Å²) in [5.41, 5.74) is 0. The molecule has 0 radical (unpaired) electrons. The third-order valence-electron chi connectivity index (χ3n) is 1.94. The van der Waals surface area contributed by atoms with Gasteiger partial charge >= 0.3 is 0 Å². The molecule has 1 saturated heterocycles. The molecule has 1 fully saturated rings. The predicted molar refractivity (Wildman–Crippen MR) is 38.0 cm³/mol. The lowest BCUT2D eigenvalue weighted by Crippen LogP contribution is -2.47. The Morgan fingerprint density at radius 1 is 1.45 bits per heavy atom. The molecule has 0 bridgehead atoms. The first-order valence-corrected chi connectivity index (χ1v) is 3.69. The van der Waals surface area contributed by atoms with E-state index in [9.17, 15) is 10.2 Å². The van der Waals surface area contributed by atoms with Crippen LogP contribution in [-0.4, -0.2) is 41.9 Å². The highest BCUT2D eigenvalue weighted by molar-refractivity contribution is 4.79. The number of methoxy groups -OCH3 is 1. The highest BCUT2D eigenvalue weighted by atomic mass is 16.7. The summed E-state index contributed by atoms with van der Waals surface area (Å²) in [7, 11) is 1.52. The molecule has 11 heavy (non-hydrogen) atoms. The van der Waals surface area contributed by atoms with Gasteiger partial charge < -0.3 is 19.7 Å². The summed E-state index contributed by atoms with van der Waals surface area (Å²) in [6.07, 6.45) is -1.93. The van der Waals surface area contributed by atoms with Gasteiger partial charge in [-0.2, -0.15) is 0 Å². The van der Waals surface area contributed by atoms with Crippen LogP contribution in [0.2, 0.25) is 0 Å². The first-order chi connectivity index (χ1) is 5.15. The lowest BCUT2D eigenvalue weighted by atomic mass is 10.0. The van der Waals surface area contributed by atoms with Gasteiger partial charge in [-0.15, -0.1) is 0 Å². The Bertz CT molecular complexity index is 116. The Labute approximate surface area is 65.7 Å². The maximum atomic E-state index is 9.24. The molecule has 4 heteroatoms. The van der Waals surface area contributed by atoms with Crippen LogP contribution in [-0.2, 0) is 9.47 Å². The lowest BCUT2D eigenvalue weighted by Gasteiger charge is -2.34. The van der Waals surface area contributed by atoms with Crippen molar-refractivity contribution in [2.24, 2.45) is 0 Å². The first kappa shape index (κ1) is 8.93. The smallest absolute Gasteiger partial charge is 0.160 e. The lowest BCUT2D eigenvalue weighted by molar-refractivity contribution is -0.237. The summed E-state index contributed by atoms with van der Waals surface area (Å²) >= 11 is 0. The summed E-state index contributed by atoms with van der Waals surface area (Å²) < 4.78 is 10.1. The second-order valence-electron chi connectivity index (χ2n) is 2.80. The fraction of sp³-hybridized carbons (Fsp3) is 1.00. The van der Waals surface area contributed by atoms with Crippen LogP contribution in [0.15, 0.2) is 0 Å². The van der Waals surface area contributed by atoms with Crippen molar-refractivity contribution in [3.63, 3.8) is 0 Å². The van der Waals surface area contributed by atoms with Crippen molar-refractivity contribution in [3.8, 4) is 0 Å². The Morgan fingerprint density at radius 3 is 2.55 bits per heavy atom. The molecule has 0 spiro atoms. The molecular formula is C7H14O4. The molecule has 1 rings (SSSR count). The van der Waals surface area contributed by atoms with E-state index in [-0.39, 0.29) is 12.4 Å². The number of hydrogen-bond donors (Lipinski definition) is 2. The van der Waals surface area contributed by atoms with Crippen molar-refractivity contribution in [2.75, 3.05) is 7.11 Å². The van der Waals surface area contributed by atoms with E-state index in [2.05, 4.69) is 0 Å². The number of rotatable bonds is 1. The van der Waals surface area contributed by atoms with Crippen molar-refractivity contribution in [1.82, 2.24) is 0 Å². The van der Waals surface area contributed by atoms with E-state index >= 15 is 0 Å². The summed E-state index contributed by atoms with van der Waals surface area (Å²) in [6.45, 7) is 1.71. The molecule has 1 heterocycles. The number of aliphatic hydroxyl groups excluding tert-OH is 2. The van der Waals surface area contributed by atoms with Crippen molar-refractivity contribution in [1.29, 1.82) is 0 Å². The highest BCUT2D eigenvalue weighted by Crippen LogP contribution is 2.19. The minimum atomic E-state index is -0.790. The van der Waals surface area contributed by atoms with Gasteiger partial charge in [-0.05, 0) is 6.92 Å². The van der Waals surface area contributed by atoms with E-state index in [4.69, 9.17) is 9.47 Å². The second-order valence-corrected chi connectivity index (χ2v) is 2.80. The van der Waals surface area contributed by atoms with Crippen LogP contribution in [0.5, 0.6) is 0 Å². The van der Waals surface area contributed by atoms with Crippen molar-refractivity contribution >= 4 is 0 Å². The van der Waals surface area contributed by atoms with Crippen LogP contribution in [0.1, 0.15) is 13.3 Å². The van der Waals surface area contributed by atoms with Crippen LogP contribution >= 0.6 is 0 Å². The molecule has 0 aromatic heterocycles. The summed E-state index contributed by atoms with van der Waals surface area (Å²) in [6, 6.07) is 0. The minimum absolute atomic E-state index is 0.335. The van der Waals surface area contributed by atoms with E-state index in [0.717, 1.165) is 0 Å². The average Bonchev–Trinajstić information content (AvgIpc) is 1.99. The second kappa shape index (κ2) is 3.49. The van der Waals surface area contributed by atoms with E-state index < -0.39 is 12.2 Å². The fourth-order valence-electron chi connectivity index (χ4n) is 1.18. The normalized spacial score (nSPS) is 45.8. The fourth-order valence-corrected chi connectivity index (χ4v) is 1.18. The molecule has 2 N–H and O–H groups in total. The van der Waals surface area contributed by atoms with Gasteiger partial charge in [-0.1, -0.05) is 0 Å². The van der Waals surface area contributed by atoms with Crippen LogP contribution in [0.25, 0.3) is 0 Å². The number of ether oxygens (including phenoxy) is 2. The molecular weight excluding hydrogens is 148 g/mol. The Morgan fingerprint density at radius 2 is 2.09 bits per heavy atom. The molecule has 0 aromatic rings. The molecule has 1 aliphatic heterocycles. The summed E-state index contributed by atoms with van der Waals surface area (Å²) in [4.78, 5) is 0. The first-order valence-electron chi connectivity index (χ1n) is 3.69. The predicted octanol–water partition coefficient (Wildman–Crippen LogP) is -0.510. The molecule has 0 saturated carbocycles. The van der Waals surface area contributed by atoms with Gasteiger partial charge in [0.15, 0.2) is 6.29 Å². The van der Waals surface area contributed by atoms with E-state index in [1.54, 1.807) is 6.92 Å². The van der Waals surface area contributed by atoms with Gasteiger partial charge in [-0.25, -0.2) is 0 Å². The van der Waals surface area contributed by atoms with E-state index in [1.807, 2.05) is 0 Å². The third kappa shape index (κ3) is 1.90. The van der Waals surface area contributed by atoms with Crippen LogP contribution in [0, 0.1) is 0 Å². The van der Waals surface area contributed by atoms with Gasteiger partial charge in [0.05, 0.1) is 12.2 Å². The maximum absolute atomic E-state index is 9.24. The molecule has 1 aliphatic rings. The Hall–Kier alpha value is -0.160. The van der Waals surface area contributed by atoms with Crippen molar-refractivity contribution in [2.45, 2.75) is 37.9 Å². The summed E-state index contributed by atoms with van der Waals surface area (Å²) in [5.74, 6) is 0. The number of aliphatic hydroxyl groups is 2. The van der Waals surface area contributed by atoms with E-state index in [0.29, 0.717) is 6.42 Å². The Balaban J connectivity index is 2.47. The SMILES string of the molecule is COC1C[C@@H](O)[C@H](O)[C@@H](C)O1. The monoisotopic (exact) mass is 162 g/mol. The van der Waals surface area contributed by atoms with Gasteiger partial charge in [-0.3, -0.25) is 0 Å². The van der Waals surface area contributed by atoms with Crippen LogP contribution in [0.4, 0.5) is 0 Å². The van der Waals surface area contributed by atoms with Gasteiger partial charge in [0.2, 0.25) is 0 Å². The zero-order valence-electron chi connectivity index (χ0n) is 6.73. The average molecular weight is 162 g/mol. The van der Waals surface area contributed by atoms with Crippen LogP contribution in [0.3, 0.4) is 0 Å². The molecule has 1 unspecified atom stereocenters. The molecule has 4 atom stereocenters. The van der Waals surface area contributed by atoms with Crippen LogP contribution < -0.4 is 0 Å². The van der Waals surface area contributed by atoms with Crippen molar-refractivity contribution < 1.29 is 19.7 Å². The zero-order valence-corrected chi connectivity index (χ0v) is 6.73. The van der Waals surface area contributed by atoms with Gasteiger partial charge in [0.1, 0.15) is 6.10 Å². The van der Waals surface area contributed by atoms with Gasteiger partial charge in [0, 0.05) is 13.5 Å². The minimum Gasteiger partial charge on any atom is -0.390 e. The maximum Gasteiger partial charge on any atom is 0.160 e. The standard InChI is InChI=1S/C7H14O4/c1-4-7(9)5(8)3-6(10-2)11-4/h4-9H,3H2,1-2H3/t4-,5-,6?,7-/m1/s1. The van der Waals surface area contributed by atoms with Gasteiger partial charge in [0.25, 0.3) is 0 Å². The number of hydrogen-bond acceptors (Lipinski definition) is 4. The molecule has 0 amide bonds. The molecule has 0 aromatic carbocycles. The molecule has 0 aliphatic carbocycles. The van der Waals surface area contributed by atoms with Crippen molar-refractivity contribution in [3.05, 3.63) is 0 Å². The quantitative estimate of drug-likeness (QED) is 0.545. The Kier molecular flexibility index (Phi) is 2.84. The third-order valence-corrected chi connectivity index (χ3v) is 1.94. The largest absolute Gasteiger partial charge is 0.390 e. The van der Waals surface area contributed by atoms with E-state index in [1.165, 1.54) is 7.11 Å². The molecule has 4 nitrogen and oxygen atoms in total. The zero-order chi connectivity index (χ0) is 8.43. The molecule has 66 valence electrons.